The van der Waals surface area contributed by atoms with Crippen LogP contribution >= 0.6 is 0 Å². The molecule has 1 aliphatic heterocycles. The lowest BCUT2D eigenvalue weighted by atomic mass is 9.82. The van der Waals surface area contributed by atoms with Crippen LogP contribution in [0.1, 0.15) is 60.4 Å². The number of carboxylic acid groups (broad SMARTS) is 1. The number of hydrogen-bond donors (Lipinski definition) is 1. The zero-order valence-corrected chi connectivity index (χ0v) is 22.2. The Bertz CT molecular complexity index is 1680. The molecule has 3 aromatic rings. The fourth-order valence-corrected chi connectivity index (χ4v) is 5.39. The minimum absolute atomic E-state index is 0.0125. The number of carbonyl (C=O) groups is 1. The minimum Gasteiger partial charge on any atom is -0.481 e. The summed E-state index contributed by atoms with van der Waals surface area (Å²) in [4.78, 5) is 15.2. The zero-order valence-electron chi connectivity index (χ0n) is 22.2. The molecule has 1 aromatic carbocycles. The molecule has 2 aromatic heterocycles. The van der Waals surface area contributed by atoms with E-state index in [0.29, 0.717) is 18.9 Å². The normalized spacial score (nSPS) is 22.5. The van der Waals surface area contributed by atoms with Gasteiger partial charge < -0.3 is 24.1 Å². The molecule has 44 heavy (non-hydrogen) atoms. The van der Waals surface area contributed by atoms with Crippen molar-refractivity contribution in [3.8, 4) is 35.5 Å². The summed E-state index contributed by atoms with van der Waals surface area (Å²) in [5, 5.41) is 12.9. The van der Waals surface area contributed by atoms with E-state index in [1.807, 2.05) is 5.92 Å². The summed E-state index contributed by atoms with van der Waals surface area (Å²) in [5.74, 6) is -4.18. The van der Waals surface area contributed by atoms with Crippen molar-refractivity contribution in [3.05, 3.63) is 58.4 Å². The fourth-order valence-electron chi connectivity index (χ4n) is 5.39. The van der Waals surface area contributed by atoms with Crippen molar-refractivity contribution in [1.82, 2.24) is 14.8 Å². The molecule has 2 aliphatic carbocycles. The second-order valence-corrected chi connectivity index (χ2v) is 10.4. The van der Waals surface area contributed by atoms with Gasteiger partial charge in [0.1, 0.15) is 11.9 Å². The third kappa shape index (κ3) is 5.36. The molecule has 2 atom stereocenters. The number of alkyl halides is 5. The van der Waals surface area contributed by atoms with Gasteiger partial charge in [0.25, 0.3) is 5.88 Å². The number of aliphatic carboxylic acids is 1. The van der Waals surface area contributed by atoms with Crippen LogP contribution in [0.15, 0.2) is 24.3 Å². The third-order valence-corrected chi connectivity index (χ3v) is 7.49. The quantitative estimate of drug-likeness (QED) is 0.255. The van der Waals surface area contributed by atoms with Gasteiger partial charge in [-0.2, -0.15) is 23.3 Å². The van der Waals surface area contributed by atoms with Crippen LogP contribution in [0.5, 0.6) is 17.4 Å². The molecule has 1 N–H and O–H groups in total. The number of fused-ring (bicyclic) bond motifs is 2. The van der Waals surface area contributed by atoms with E-state index in [9.17, 15) is 35.5 Å². The number of halogens is 7. The second-order valence-electron chi connectivity index (χ2n) is 10.4. The Morgan fingerprint density at radius 2 is 1.86 bits per heavy atom. The number of ether oxygens (including phenoxy) is 4. The number of terminal acetylenes is 1. The Hall–Kier alpha value is -4.52. The van der Waals surface area contributed by atoms with Crippen molar-refractivity contribution in [3.63, 3.8) is 0 Å². The van der Waals surface area contributed by atoms with Gasteiger partial charge in [0.05, 0.1) is 17.7 Å². The Balaban J connectivity index is 1.34. The molecule has 0 spiro atoms. The van der Waals surface area contributed by atoms with Crippen molar-refractivity contribution in [2.45, 2.75) is 62.9 Å². The largest absolute Gasteiger partial charge is 0.586 e. The molecular formula is C28H20F7N3O6. The minimum atomic E-state index is -4.86. The number of nitrogens with zero attached hydrogens (tertiary/aromatic N) is 3. The van der Waals surface area contributed by atoms with Gasteiger partial charge >= 0.3 is 18.4 Å². The van der Waals surface area contributed by atoms with Gasteiger partial charge in [-0.05, 0) is 50.3 Å². The van der Waals surface area contributed by atoms with Gasteiger partial charge in [-0.25, -0.2) is 13.5 Å². The number of pyridine rings is 1. The first-order valence-corrected chi connectivity index (χ1v) is 13.2. The molecule has 232 valence electrons. The maximum atomic E-state index is 14.9. The molecule has 3 heterocycles. The molecule has 6 rings (SSSR count). The highest BCUT2D eigenvalue weighted by Gasteiger charge is 2.45. The summed E-state index contributed by atoms with van der Waals surface area (Å²) in [5.41, 5.74) is -1.82. The van der Waals surface area contributed by atoms with E-state index in [1.165, 1.54) is 0 Å². The summed E-state index contributed by atoms with van der Waals surface area (Å²) in [6.07, 6.45) is -5.57. The van der Waals surface area contributed by atoms with E-state index >= 15 is 0 Å². The molecule has 0 amide bonds. The first-order valence-electron chi connectivity index (χ1n) is 13.2. The lowest BCUT2D eigenvalue weighted by Gasteiger charge is -2.36. The lowest BCUT2D eigenvalue weighted by Crippen LogP contribution is -2.37. The first-order chi connectivity index (χ1) is 20.7. The van der Waals surface area contributed by atoms with Crippen LogP contribution in [-0.4, -0.2) is 38.2 Å². The highest BCUT2D eigenvalue weighted by molar-refractivity contribution is 5.71. The smallest absolute Gasteiger partial charge is 0.481 e. The van der Waals surface area contributed by atoms with Gasteiger partial charge in [-0.3, -0.25) is 4.79 Å². The molecule has 0 bridgehead atoms. The SMILES string of the molecule is C#C[C@H](Oc1nc(-n2nc(C(F)(F)F)c3c2[C@H](OC2CC(C(=O)O)C2)CCC3)ccc1F)c1cc2c(cc1F)OC(F)(F)O2. The lowest BCUT2D eigenvalue weighted by molar-refractivity contribution is -0.286. The summed E-state index contributed by atoms with van der Waals surface area (Å²) < 4.78 is 119. The number of hydrogen-bond acceptors (Lipinski definition) is 7. The summed E-state index contributed by atoms with van der Waals surface area (Å²) in [7, 11) is 0. The molecule has 3 aliphatic rings. The maximum Gasteiger partial charge on any atom is 0.586 e. The summed E-state index contributed by atoms with van der Waals surface area (Å²) >= 11 is 0. The maximum absolute atomic E-state index is 14.9. The van der Waals surface area contributed by atoms with Crippen LogP contribution in [0, 0.1) is 29.9 Å². The van der Waals surface area contributed by atoms with E-state index < -0.39 is 82.9 Å². The monoisotopic (exact) mass is 627 g/mol. The standard InChI is InChI=1S/C28H20F7N3O6/c1-2-18(15-10-20-21(11-17(15)30)44-28(34,35)43-20)42-25-16(29)6-7-22(36-25)38-23-14(24(37-38)27(31,32)33)4-3-5-19(23)41-13-8-12(9-13)26(39)40/h1,6-7,10-13,18-19H,3-5,8-9H2,(H,39,40)/t12?,13?,18-,19+/m0/s1. The van der Waals surface area contributed by atoms with Crippen LogP contribution in [0.25, 0.3) is 5.82 Å². The predicted molar refractivity (Wildman–Crippen MR) is 132 cm³/mol. The van der Waals surface area contributed by atoms with Gasteiger partial charge in [-0.15, -0.1) is 15.2 Å². The molecule has 0 saturated heterocycles. The number of aromatic nitrogens is 3. The molecule has 1 saturated carbocycles. The topological polar surface area (TPSA) is 105 Å². The van der Waals surface area contributed by atoms with Crippen LogP contribution in [0.2, 0.25) is 0 Å². The van der Waals surface area contributed by atoms with Crippen molar-refractivity contribution in [2.24, 2.45) is 5.92 Å². The van der Waals surface area contributed by atoms with Crippen molar-refractivity contribution < 1.29 is 59.6 Å². The van der Waals surface area contributed by atoms with Gasteiger partial charge in [0.2, 0.25) is 0 Å². The zero-order chi connectivity index (χ0) is 31.6. The van der Waals surface area contributed by atoms with E-state index in [0.717, 1.165) is 22.9 Å². The summed E-state index contributed by atoms with van der Waals surface area (Å²) in [6, 6.07) is 3.23. The van der Waals surface area contributed by atoms with Gasteiger partial charge in [-0.1, -0.05) is 5.92 Å². The Morgan fingerprint density at radius 1 is 1.16 bits per heavy atom. The van der Waals surface area contributed by atoms with Crippen molar-refractivity contribution in [2.75, 3.05) is 0 Å². The Labute approximate surface area is 243 Å². The highest BCUT2D eigenvalue weighted by atomic mass is 19.4. The van der Waals surface area contributed by atoms with Gasteiger partial charge in [0.15, 0.2) is 34.9 Å². The molecule has 0 radical (unpaired) electrons. The number of rotatable bonds is 7. The summed E-state index contributed by atoms with van der Waals surface area (Å²) in [6.45, 7) is 0. The Kier molecular flexibility index (Phi) is 7.10. The van der Waals surface area contributed by atoms with E-state index in [4.69, 9.17) is 21.0 Å². The molecule has 16 heteroatoms. The molecule has 0 unspecified atom stereocenters. The Morgan fingerprint density at radius 3 is 2.52 bits per heavy atom. The first kappa shape index (κ1) is 29.5. The van der Waals surface area contributed by atoms with E-state index in [1.54, 1.807) is 0 Å². The molecule has 1 fully saturated rings. The number of benzene rings is 1. The molecule has 9 nitrogen and oxygen atoms in total. The third-order valence-electron chi connectivity index (χ3n) is 7.49. The van der Waals surface area contributed by atoms with Crippen LogP contribution < -0.4 is 14.2 Å². The highest BCUT2D eigenvalue weighted by Crippen LogP contribution is 2.45. The second kappa shape index (κ2) is 10.6. The predicted octanol–water partition coefficient (Wildman–Crippen LogP) is 5.90. The van der Waals surface area contributed by atoms with Crippen LogP contribution in [0.4, 0.5) is 30.7 Å². The van der Waals surface area contributed by atoms with Crippen molar-refractivity contribution >= 4 is 5.97 Å². The average Bonchev–Trinajstić information content (AvgIpc) is 3.46. The van der Waals surface area contributed by atoms with Crippen LogP contribution in [0.3, 0.4) is 0 Å². The fraction of sp³-hybridized carbons (Fsp3) is 0.393. The molecular weight excluding hydrogens is 607 g/mol. The van der Waals surface area contributed by atoms with Gasteiger partial charge in [0, 0.05) is 17.2 Å². The van der Waals surface area contributed by atoms with Crippen molar-refractivity contribution in [1.29, 1.82) is 0 Å². The average molecular weight is 627 g/mol. The van der Waals surface area contributed by atoms with E-state index in [2.05, 4.69) is 19.6 Å². The van der Waals surface area contributed by atoms with E-state index in [-0.39, 0.29) is 36.3 Å². The van der Waals surface area contributed by atoms with Crippen LogP contribution in [-0.2, 0) is 22.1 Å². The number of carboxylic acids is 1.